The summed E-state index contributed by atoms with van der Waals surface area (Å²) in [7, 11) is 0. The number of rotatable bonds is 4. The van der Waals surface area contributed by atoms with Crippen molar-refractivity contribution in [2.45, 2.75) is 13.3 Å². The average molecular weight is 363 g/mol. The molecule has 26 heavy (non-hydrogen) atoms. The number of piperazine rings is 1. The Morgan fingerprint density at radius 3 is 2.31 bits per heavy atom. The second kappa shape index (κ2) is 7.72. The fourth-order valence-corrected chi connectivity index (χ4v) is 3.08. The summed E-state index contributed by atoms with van der Waals surface area (Å²) in [5.74, 6) is -1.31. The van der Waals surface area contributed by atoms with Crippen LogP contribution in [0.4, 0.5) is 14.9 Å². The minimum absolute atomic E-state index is 0.0484. The van der Waals surface area contributed by atoms with E-state index in [1.807, 2.05) is 0 Å². The largest absolute Gasteiger partial charge is 0.450 e. The molecule has 2 unspecified atom stereocenters. The van der Waals surface area contributed by atoms with E-state index in [1.165, 1.54) is 24.3 Å². The van der Waals surface area contributed by atoms with Gasteiger partial charge in [-0.1, -0.05) is 0 Å². The van der Waals surface area contributed by atoms with Gasteiger partial charge in [-0.3, -0.25) is 9.59 Å². The van der Waals surface area contributed by atoms with Gasteiger partial charge in [0.25, 0.3) is 0 Å². The second-order valence-electron chi connectivity index (χ2n) is 6.46. The summed E-state index contributed by atoms with van der Waals surface area (Å²) in [6, 6.07) is 5.52. The van der Waals surface area contributed by atoms with Gasteiger partial charge in [0.05, 0.1) is 18.4 Å². The van der Waals surface area contributed by atoms with Crippen LogP contribution in [0.25, 0.3) is 0 Å². The number of nitrogens with zero attached hydrogens (tertiary/aromatic N) is 2. The number of nitrogens with one attached hydrogen (secondary N) is 1. The van der Waals surface area contributed by atoms with Crippen LogP contribution >= 0.6 is 0 Å². The number of amides is 3. The van der Waals surface area contributed by atoms with E-state index in [4.69, 9.17) is 4.74 Å². The molecule has 2 atom stereocenters. The maximum atomic E-state index is 12.9. The lowest BCUT2D eigenvalue weighted by Crippen LogP contribution is -2.51. The van der Waals surface area contributed by atoms with Crippen LogP contribution < -0.4 is 5.32 Å². The third-order valence-electron chi connectivity index (χ3n) is 4.67. The molecule has 0 radical (unpaired) electrons. The molecule has 1 heterocycles. The number of anilines is 1. The molecule has 140 valence electrons. The number of carbonyl (C=O) groups excluding carboxylic acids is 3. The van der Waals surface area contributed by atoms with Gasteiger partial charge in [-0.05, 0) is 37.6 Å². The normalized spacial score (nSPS) is 21.9. The molecule has 3 rings (SSSR count). The lowest BCUT2D eigenvalue weighted by Gasteiger charge is -2.34. The Morgan fingerprint density at radius 2 is 1.69 bits per heavy atom. The fraction of sp³-hybridized carbons (Fsp3) is 0.500. The van der Waals surface area contributed by atoms with Gasteiger partial charge in [0.15, 0.2) is 0 Å². The molecule has 1 aromatic rings. The Hall–Kier alpha value is -2.64. The topological polar surface area (TPSA) is 79.0 Å². The van der Waals surface area contributed by atoms with Gasteiger partial charge in [0.1, 0.15) is 5.82 Å². The highest BCUT2D eigenvalue weighted by atomic mass is 19.1. The smallest absolute Gasteiger partial charge is 0.409 e. The Morgan fingerprint density at radius 1 is 1.08 bits per heavy atom. The van der Waals surface area contributed by atoms with Crippen molar-refractivity contribution in [1.82, 2.24) is 9.80 Å². The maximum Gasteiger partial charge on any atom is 0.409 e. The van der Waals surface area contributed by atoms with E-state index in [-0.39, 0.29) is 35.6 Å². The lowest BCUT2D eigenvalue weighted by atomic mass is 10.2. The Balaban J connectivity index is 1.46. The molecule has 7 nitrogen and oxygen atoms in total. The van der Waals surface area contributed by atoms with Crippen molar-refractivity contribution in [2.75, 3.05) is 38.1 Å². The number of benzene rings is 1. The Bertz CT molecular complexity index is 686. The van der Waals surface area contributed by atoms with Crippen molar-refractivity contribution < 1.29 is 23.5 Å². The molecule has 0 spiro atoms. The first-order valence-electron chi connectivity index (χ1n) is 8.76. The van der Waals surface area contributed by atoms with Crippen LogP contribution in [0, 0.1) is 17.7 Å². The number of halogens is 1. The zero-order chi connectivity index (χ0) is 18.7. The number of ether oxygens (including phenoxy) is 1. The predicted molar refractivity (Wildman–Crippen MR) is 91.8 cm³/mol. The first kappa shape index (κ1) is 18.2. The van der Waals surface area contributed by atoms with E-state index in [0.717, 1.165) is 0 Å². The van der Waals surface area contributed by atoms with Gasteiger partial charge >= 0.3 is 6.09 Å². The van der Waals surface area contributed by atoms with Crippen LogP contribution in [-0.4, -0.2) is 60.5 Å². The molecule has 0 bridgehead atoms. The van der Waals surface area contributed by atoms with Gasteiger partial charge in [0.2, 0.25) is 11.8 Å². The summed E-state index contributed by atoms with van der Waals surface area (Å²) in [5, 5.41) is 2.71. The SMILES string of the molecule is CCOC(=O)N1CCN(C(=O)C2CC2C(=O)Nc2ccc(F)cc2)CC1. The van der Waals surface area contributed by atoms with Crippen LogP contribution in [0.1, 0.15) is 13.3 Å². The molecule has 0 aromatic heterocycles. The van der Waals surface area contributed by atoms with Crippen molar-refractivity contribution in [2.24, 2.45) is 11.8 Å². The maximum absolute atomic E-state index is 12.9. The molecular weight excluding hydrogens is 341 g/mol. The third kappa shape index (κ3) is 4.12. The summed E-state index contributed by atoms with van der Waals surface area (Å²) in [6.07, 6.45) is 0.159. The molecule has 3 amide bonds. The fourth-order valence-electron chi connectivity index (χ4n) is 3.08. The van der Waals surface area contributed by atoms with Crippen molar-refractivity contribution >= 4 is 23.6 Å². The molecule has 1 saturated heterocycles. The van der Waals surface area contributed by atoms with E-state index in [1.54, 1.807) is 16.7 Å². The number of carbonyl (C=O) groups is 3. The van der Waals surface area contributed by atoms with Crippen LogP contribution in [-0.2, 0) is 14.3 Å². The van der Waals surface area contributed by atoms with Crippen molar-refractivity contribution in [3.8, 4) is 0 Å². The van der Waals surface area contributed by atoms with Crippen molar-refractivity contribution in [3.63, 3.8) is 0 Å². The molecule has 2 aliphatic rings. The van der Waals surface area contributed by atoms with E-state index >= 15 is 0 Å². The molecular formula is C18H22FN3O4. The standard InChI is InChI=1S/C18H22FN3O4/c1-2-26-18(25)22-9-7-21(8-10-22)17(24)15-11-14(15)16(23)20-13-5-3-12(19)4-6-13/h3-6,14-15H,2,7-11H2,1H3,(H,20,23). The van der Waals surface area contributed by atoms with Crippen molar-refractivity contribution in [1.29, 1.82) is 0 Å². The zero-order valence-electron chi connectivity index (χ0n) is 14.6. The summed E-state index contributed by atoms with van der Waals surface area (Å²) in [5.41, 5.74) is 0.512. The lowest BCUT2D eigenvalue weighted by molar-refractivity contribution is -0.135. The highest BCUT2D eigenvalue weighted by Crippen LogP contribution is 2.41. The van der Waals surface area contributed by atoms with E-state index in [0.29, 0.717) is 44.9 Å². The van der Waals surface area contributed by atoms with Crippen molar-refractivity contribution in [3.05, 3.63) is 30.1 Å². The summed E-state index contributed by atoms with van der Waals surface area (Å²) < 4.78 is 17.9. The number of hydrogen-bond acceptors (Lipinski definition) is 4. The van der Waals surface area contributed by atoms with Crippen LogP contribution in [0.5, 0.6) is 0 Å². The molecule has 8 heteroatoms. The highest BCUT2D eigenvalue weighted by Gasteiger charge is 2.49. The molecule has 1 aromatic carbocycles. The van der Waals surface area contributed by atoms with Gasteiger partial charge in [-0.15, -0.1) is 0 Å². The molecule has 1 aliphatic carbocycles. The first-order valence-corrected chi connectivity index (χ1v) is 8.76. The molecule has 1 aliphatic heterocycles. The summed E-state index contributed by atoms with van der Waals surface area (Å²) in [6.45, 7) is 3.83. The van der Waals surface area contributed by atoms with Gasteiger partial charge in [-0.2, -0.15) is 0 Å². The summed E-state index contributed by atoms with van der Waals surface area (Å²) >= 11 is 0. The predicted octanol–water partition coefficient (Wildman–Crippen LogP) is 1.70. The number of hydrogen-bond donors (Lipinski definition) is 1. The monoisotopic (exact) mass is 363 g/mol. The molecule has 1 saturated carbocycles. The van der Waals surface area contributed by atoms with Gasteiger partial charge in [0, 0.05) is 31.9 Å². The van der Waals surface area contributed by atoms with Crippen LogP contribution in [0.2, 0.25) is 0 Å². The quantitative estimate of drug-likeness (QED) is 0.883. The van der Waals surface area contributed by atoms with Crippen LogP contribution in [0.15, 0.2) is 24.3 Å². The van der Waals surface area contributed by atoms with E-state index < -0.39 is 0 Å². The Labute approximate surface area is 151 Å². The highest BCUT2D eigenvalue weighted by molar-refractivity contribution is 5.99. The van der Waals surface area contributed by atoms with Gasteiger partial charge in [-0.25, -0.2) is 9.18 Å². The minimum atomic E-state index is -0.371. The average Bonchev–Trinajstić information content (AvgIpc) is 3.44. The summed E-state index contributed by atoms with van der Waals surface area (Å²) in [4.78, 5) is 39.7. The van der Waals surface area contributed by atoms with Gasteiger partial charge < -0.3 is 19.9 Å². The minimum Gasteiger partial charge on any atom is -0.450 e. The molecule has 2 fully saturated rings. The zero-order valence-corrected chi connectivity index (χ0v) is 14.6. The van der Waals surface area contributed by atoms with Crippen LogP contribution in [0.3, 0.4) is 0 Å². The third-order valence-corrected chi connectivity index (χ3v) is 4.67. The Kier molecular flexibility index (Phi) is 5.39. The second-order valence-corrected chi connectivity index (χ2v) is 6.46. The van der Waals surface area contributed by atoms with E-state index in [2.05, 4.69) is 5.32 Å². The first-order chi connectivity index (χ1) is 12.5. The van der Waals surface area contributed by atoms with E-state index in [9.17, 15) is 18.8 Å². The molecule has 1 N–H and O–H groups in total.